The van der Waals surface area contributed by atoms with Crippen LogP contribution in [0, 0.1) is 0 Å². The average molecular weight is 561 g/mol. The number of rotatable bonds is 6. The van der Waals surface area contributed by atoms with E-state index < -0.39 is 45.7 Å². The van der Waals surface area contributed by atoms with Crippen LogP contribution in [-0.2, 0) is 25.2 Å². The van der Waals surface area contributed by atoms with Gasteiger partial charge in [-0.1, -0.05) is 18.2 Å². The molecule has 14 heteroatoms. The predicted molar refractivity (Wildman–Crippen MR) is 130 cm³/mol. The molecule has 0 radical (unpaired) electrons. The van der Waals surface area contributed by atoms with E-state index in [9.17, 15) is 36.3 Å². The van der Waals surface area contributed by atoms with Crippen molar-refractivity contribution in [1.82, 2.24) is 14.5 Å². The zero-order chi connectivity index (χ0) is 27.2. The zero-order valence-electron chi connectivity index (χ0n) is 20.1. The molecule has 37 heavy (non-hydrogen) atoms. The zero-order valence-corrected chi connectivity index (χ0v) is 21.7. The highest BCUT2D eigenvalue weighted by atomic mass is 32.2. The van der Waals surface area contributed by atoms with Gasteiger partial charge in [0.15, 0.2) is 5.60 Å². The van der Waals surface area contributed by atoms with E-state index in [1.807, 2.05) is 4.90 Å². The molecule has 2 aromatic rings. The van der Waals surface area contributed by atoms with Crippen LogP contribution in [0.4, 0.5) is 18.9 Å². The van der Waals surface area contributed by atoms with Crippen LogP contribution in [0.15, 0.2) is 46.0 Å². The third-order valence-electron chi connectivity index (χ3n) is 6.83. The van der Waals surface area contributed by atoms with Crippen molar-refractivity contribution < 1.29 is 36.3 Å². The number of aliphatic hydroxyl groups is 1. The summed E-state index contributed by atoms with van der Waals surface area (Å²) >= 11 is 1.10. The van der Waals surface area contributed by atoms with E-state index in [0.29, 0.717) is 12.6 Å². The summed E-state index contributed by atoms with van der Waals surface area (Å²) < 4.78 is 67.8. The first-order chi connectivity index (χ1) is 17.2. The lowest BCUT2D eigenvalue weighted by molar-refractivity contribution is -0.258. The molecule has 3 atom stereocenters. The van der Waals surface area contributed by atoms with Gasteiger partial charge >= 0.3 is 6.18 Å². The first kappa shape index (κ1) is 27.5. The number of carbonyl (C=O) groups is 2. The van der Waals surface area contributed by atoms with Crippen molar-refractivity contribution in [3.05, 3.63) is 47.3 Å². The molecule has 0 spiro atoms. The van der Waals surface area contributed by atoms with Crippen molar-refractivity contribution in [3.63, 3.8) is 0 Å². The van der Waals surface area contributed by atoms with Gasteiger partial charge < -0.3 is 10.0 Å². The monoisotopic (exact) mass is 560 g/mol. The van der Waals surface area contributed by atoms with E-state index in [1.165, 1.54) is 34.6 Å². The van der Waals surface area contributed by atoms with E-state index in [0.717, 1.165) is 11.3 Å². The summed E-state index contributed by atoms with van der Waals surface area (Å²) in [7, 11) is -3.77. The van der Waals surface area contributed by atoms with Crippen molar-refractivity contribution in [2.24, 2.45) is 0 Å². The molecule has 2 fully saturated rings. The van der Waals surface area contributed by atoms with Gasteiger partial charge in [-0.05, 0) is 43.0 Å². The van der Waals surface area contributed by atoms with Gasteiger partial charge in [0.25, 0.3) is 10.0 Å². The van der Waals surface area contributed by atoms with Gasteiger partial charge in [0.2, 0.25) is 11.8 Å². The van der Waals surface area contributed by atoms with Crippen LogP contribution in [0.3, 0.4) is 0 Å². The summed E-state index contributed by atoms with van der Waals surface area (Å²) in [5.74, 6) is -0.923. The summed E-state index contributed by atoms with van der Waals surface area (Å²) in [4.78, 5) is 27.7. The predicted octanol–water partition coefficient (Wildman–Crippen LogP) is 1.74. The average Bonchev–Trinajstić information content (AvgIpc) is 3.38. The number of sulfonamides is 1. The maximum Gasteiger partial charge on any atom is 0.421 e. The highest BCUT2D eigenvalue weighted by molar-refractivity contribution is 7.91. The van der Waals surface area contributed by atoms with E-state index >= 15 is 0 Å². The van der Waals surface area contributed by atoms with Gasteiger partial charge in [0.1, 0.15) is 4.21 Å². The molecule has 2 aliphatic rings. The molecule has 2 unspecified atom stereocenters. The first-order valence-electron chi connectivity index (χ1n) is 11.5. The molecule has 2 amide bonds. The third kappa shape index (κ3) is 5.39. The number of benzene rings is 1. The minimum absolute atomic E-state index is 0.0429. The second kappa shape index (κ2) is 9.98. The fourth-order valence-corrected chi connectivity index (χ4v) is 7.09. The van der Waals surface area contributed by atoms with E-state index in [2.05, 4.69) is 5.32 Å². The number of piperazine rings is 2. The van der Waals surface area contributed by atoms with Crippen LogP contribution >= 0.6 is 11.3 Å². The molecule has 2 saturated heterocycles. The lowest BCUT2D eigenvalue weighted by atomic mass is 9.95. The van der Waals surface area contributed by atoms with Crippen LogP contribution < -0.4 is 10.2 Å². The molecule has 1 aromatic carbocycles. The number of halogens is 3. The fraction of sp³-hybridized carbons (Fsp3) is 0.478. The molecule has 4 rings (SSSR count). The summed E-state index contributed by atoms with van der Waals surface area (Å²) in [6, 6.07) is 7.29. The molecule has 2 N–H and O–H groups in total. The number of nitrogens with one attached hydrogen (secondary N) is 1. The van der Waals surface area contributed by atoms with E-state index in [4.69, 9.17) is 0 Å². The molecule has 0 saturated carbocycles. The second-order valence-electron chi connectivity index (χ2n) is 9.28. The van der Waals surface area contributed by atoms with Gasteiger partial charge in [-0.3, -0.25) is 19.8 Å². The van der Waals surface area contributed by atoms with Crippen LogP contribution in [0.5, 0.6) is 0 Å². The Labute approximate surface area is 216 Å². The highest BCUT2D eigenvalue weighted by Crippen LogP contribution is 2.39. The Morgan fingerprint density at radius 3 is 2.41 bits per heavy atom. The second-order valence-corrected chi connectivity index (χ2v) is 12.4. The third-order valence-corrected chi connectivity index (χ3v) is 10.1. The lowest BCUT2D eigenvalue weighted by Crippen LogP contribution is -2.63. The van der Waals surface area contributed by atoms with Crippen molar-refractivity contribution in [2.75, 3.05) is 37.6 Å². The SMILES string of the molecule is CC1C(=O)NC(=O)CN1C[C@H]1CN(S(=O)(=O)c2cccs2)CCN1c1ccc(C(C)(O)C(F)(F)F)cc1. The molecule has 0 aliphatic carbocycles. The Kier molecular flexibility index (Phi) is 7.42. The van der Waals surface area contributed by atoms with Crippen LogP contribution in [-0.4, -0.2) is 85.5 Å². The Bertz CT molecular complexity index is 1250. The first-order valence-corrected chi connectivity index (χ1v) is 13.8. The number of hydrogen-bond donors (Lipinski definition) is 2. The van der Waals surface area contributed by atoms with Gasteiger partial charge in [-0.25, -0.2) is 8.42 Å². The smallest absolute Gasteiger partial charge is 0.376 e. The Morgan fingerprint density at radius 1 is 1.14 bits per heavy atom. The quantitative estimate of drug-likeness (QED) is 0.518. The van der Waals surface area contributed by atoms with Crippen molar-refractivity contribution >= 4 is 38.9 Å². The van der Waals surface area contributed by atoms with E-state index in [1.54, 1.807) is 23.3 Å². The largest absolute Gasteiger partial charge is 0.421 e. The standard InChI is InChI=1S/C23H27F3N4O5S2/c1-15-21(32)27-19(31)14-28(15)12-18-13-29(37(34,35)20-4-3-11-36-20)9-10-30(18)17-7-5-16(6-8-17)22(2,33)23(24,25)26/h3-8,11,15,18,33H,9-10,12-14H2,1-2H3,(H,27,31,32)/t15?,18-,22?/m0/s1. The molecular formula is C23H27F3N4O5S2. The number of nitrogens with zero attached hydrogens (tertiary/aromatic N) is 3. The van der Waals surface area contributed by atoms with Gasteiger partial charge in [-0.2, -0.15) is 17.5 Å². The van der Waals surface area contributed by atoms with Gasteiger partial charge in [0, 0.05) is 31.9 Å². The van der Waals surface area contributed by atoms with Crippen molar-refractivity contribution in [1.29, 1.82) is 0 Å². The molecular weight excluding hydrogens is 533 g/mol. The normalized spacial score (nSPS) is 24.1. The number of hydrogen-bond acceptors (Lipinski definition) is 8. The minimum Gasteiger partial charge on any atom is -0.376 e. The van der Waals surface area contributed by atoms with Crippen LogP contribution in [0.1, 0.15) is 19.4 Å². The van der Waals surface area contributed by atoms with Crippen molar-refractivity contribution in [3.8, 4) is 0 Å². The summed E-state index contributed by atoms with van der Waals surface area (Å²) in [5, 5.41) is 13.9. The highest BCUT2D eigenvalue weighted by Gasteiger charge is 2.51. The maximum absolute atomic E-state index is 13.3. The lowest BCUT2D eigenvalue weighted by Gasteiger charge is -2.45. The van der Waals surface area contributed by atoms with Gasteiger partial charge in [-0.15, -0.1) is 11.3 Å². The Morgan fingerprint density at radius 2 is 1.81 bits per heavy atom. The molecule has 202 valence electrons. The summed E-state index contributed by atoms with van der Waals surface area (Å²) in [6.45, 7) is 2.84. The number of amides is 2. The van der Waals surface area contributed by atoms with E-state index in [-0.39, 0.29) is 42.5 Å². The number of imide groups is 1. The van der Waals surface area contributed by atoms with Gasteiger partial charge in [0.05, 0.1) is 18.6 Å². The van der Waals surface area contributed by atoms with Crippen LogP contribution in [0.2, 0.25) is 0 Å². The van der Waals surface area contributed by atoms with Crippen molar-refractivity contribution in [2.45, 2.75) is 41.9 Å². The number of thiophene rings is 1. The molecule has 9 nitrogen and oxygen atoms in total. The summed E-state index contributed by atoms with van der Waals surface area (Å²) in [6.07, 6.45) is -4.86. The molecule has 2 aliphatic heterocycles. The molecule has 1 aromatic heterocycles. The maximum atomic E-state index is 13.3. The molecule has 0 bridgehead atoms. The molecule has 3 heterocycles. The number of anilines is 1. The fourth-order valence-electron chi connectivity index (χ4n) is 4.48. The Hall–Kier alpha value is -2.52. The number of carbonyl (C=O) groups excluding carboxylic acids is 2. The Balaban J connectivity index is 1.63. The summed E-state index contributed by atoms with van der Waals surface area (Å²) in [5.41, 5.74) is -2.83. The minimum atomic E-state index is -4.86. The number of alkyl halides is 3. The van der Waals surface area contributed by atoms with Crippen LogP contribution in [0.25, 0.3) is 0 Å². The topological polar surface area (TPSA) is 110 Å².